The topological polar surface area (TPSA) is 66.9 Å². The highest BCUT2D eigenvalue weighted by Crippen LogP contribution is 2.21. The van der Waals surface area contributed by atoms with Crippen LogP contribution in [0.15, 0.2) is 30.6 Å². The van der Waals surface area contributed by atoms with E-state index in [-0.39, 0.29) is 5.91 Å². The third-order valence-corrected chi connectivity index (χ3v) is 3.77. The van der Waals surface area contributed by atoms with Gasteiger partial charge in [0.25, 0.3) is 5.91 Å². The summed E-state index contributed by atoms with van der Waals surface area (Å²) in [7, 11) is 0. The van der Waals surface area contributed by atoms with Crippen molar-refractivity contribution in [1.82, 2.24) is 15.3 Å². The summed E-state index contributed by atoms with van der Waals surface area (Å²) in [5, 5.41) is 6.14. The third kappa shape index (κ3) is 4.77. The Morgan fingerprint density at radius 3 is 2.74 bits per heavy atom. The number of carbonyl (C=O) groups excluding carboxylic acids is 1. The van der Waals surface area contributed by atoms with Crippen LogP contribution >= 0.6 is 0 Å². The summed E-state index contributed by atoms with van der Waals surface area (Å²) >= 11 is 0. The number of amides is 1. The van der Waals surface area contributed by atoms with Crippen LogP contribution in [0.5, 0.6) is 0 Å². The van der Waals surface area contributed by atoms with Gasteiger partial charge in [-0.2, -0.15) is 0 Å². The van der Waals surface area contributed by atoms with Crippen molar-refractivity contribution < 1.29 is 4.79 Å². The number of hydrogen-bond donors (Lipinski definition) is 2. The van der Waals surface area contributed by atoms with E-state index in [2.05, 4.69) is 54.4 Å². The second-order valence-electron chi connectivity index (χ2n) is 6.10. The largest absolute Gasteiger partial charge is 0.351 e. The Morgan fingerprint density at radius 2 is 2.00 bits per heavy atom. The van der Waals surface area contributed by atoms with Crippen molar-refractivity contribution in [3.63, 3.8) is 0 Å². The molecule has 5 nitrogen and oxygen atoms in total. The Hall–Kier alpha value is -2.43. The Balaban J connectivity index is 2.07. The number of aromatic nitrogens is 2. The minimum atomic E-state index is -0.169. The Labute approximate surface area is 137 Å². The number of nitrogens with one attached hydrogen (secondary N) is 2. The summed E-state index contributed by atoms with van der Waals surface area (Å²) in [4.78, 5) is 20.4. The van der Waals surface area contributed by atoms with E-state index in [1.54, 1.807) is 6.07 Å². The quantitative estimate of drug-likeness (QED) is 0.855. The van der Waals surface area contributed by atoms with Gasteiger partial charge in [0.2, 0.25) is 0 Å². The van der Waals surface area contributed by atoms with Crippen molar-refractivity contribution in [2.75, 3.05) is 11.9 Å². The van der Waals surface area contributed by atoms with Crippen LogP contribution in [0.1, 0.15) is 41.9 Å². The zero-order valence-electron chi connectivity index (χ0n) is 14.2. The molecule has 0 unspecified atom stereocenters. The second kappa shape index (κ2) is 7.72. The third-order valence-electron chi connectivity index (χ3n) is 3.77. The fraction of sp³-hybridized carbons (Fsp3) is 0.389. The highest BCUT2D eigenvalue weighted by Gasteiger charge is 2.09. The predicted octanol–water partition coefficient (Wildman–Crippen LogP) is 3.61. The van der Waals surface area contributed by atoms with E-state index in [1.807, 2.05) is 12.1 Å². The first-order valence-electron chi connectivity index (χ1n) is 7.91. The molecule has 0 aliphatic rings. The minimum absolute atomic E-state index is 0.169. The Kier molecular flexibility index (Phi) is 5.68. The molecule has 1 aromatic carbocycles. The van der Waals surface area contributed by atoms with Crippen molar-refractivity contribution in [2.24, 2.45) is 5.92 Å². The lowest BCUT2D eigenvalue weighted by molar-refractivity contribution is 0.0947. The van der Waals surface area contributed by atoms with E-state index >= 15 is 0 Å². The molecule has 0 saturated heterocycles. The number of carbonyl (C=O) groups is 1. The molecule has 2 rings (SSSR count). The molecule has 0 fully saturated rings. The van der Waals surface area contributed by atoms with Gasteiger partial charge in [0.15, 0.2) is 0 Å². The molecule has 0 aliphatic heterocycles. The number of hydrogen-bond acceptors (Lipinski definition) is 4. The molecule has 2 N–H and O–H groups in total. The lowest BCUT2D eigenvalue weighted by Crippen LogP contribution is -2.26. The van der Waals surface area contributed by atoms with Crippen molar-refractivity contribution in [1.29, 1.82) is 0 Å². The molecule has 0 bridgehead atoms. The minimum Gasteiger partial charge on any atom is -0.351 e. The monoisotopic (exact) mass is 312 g/mol. The van der Waals surface area contributed by atoms with Crippen molar-refractivity contribution in [2.45, 2.75) is 34.1 Å². The van der Waals surface area contributed by atoms with Gasteiger partial charge >= 0.3 is 0 Å². The van der Waals surface area contributed by atoms with Crippen molar-refractivity contribution in [3.05, 3.63) is 47.4 Å². The van der Waals surface area contributed by atoms with Crippen molar-refractivity contribution >= 4 is 17.4 Å². The van der Waals surface area contributed by atoms with Crippen LogP contribution in [0.3, 0.4) is 0 Å². The van der Waals surface area contributed by atoms with E-state index in [1.165, 1.54) is 11.9 Å². The summed E-state index contributed by atoms with van der Waals surface area (Å²) < 4.78 is 0. The molecule has 5 heteroatoms. The Bertz CT molecular complexity index is 682. The molecule has 1 amide bonds. The highest BCUT2D eigenvalue weighted by molar-refractivity contribution is 5.92. The van der Waals surface area contributed by atoms with E-state index in [0.717, 1.165) is 17.7 Å². The molecule has 1 heterocycles. The fourth-order valence-electron chi connectivity index (χ4n) is 2.14. The van der Waals surface area contributed by atoms with Gasteiger partial charge in [-0.3, -0.25) is 4.79 Å². The van der Waals surface area contributed by atoms with E-state index in [0.29, 0.717) is 24.0 Å². The average Bonchev–Trinajstić information content (AvgIpc) is 2.52. The van der Waals surface area contributed by atoms with Gasteiger partial charge in [-0.25, -0.2) is 9.97 Å². The predicted molar refractivity (Wildman–Crippen MR) is 93.0 cm³/mol. The molecule has 0 atom stereocenters. The first-order chi connectivity index (χ1) is 11.0. The molecular formula is C18H24N4O. The van der Waals surface area contributed by atoms with Crippen LogP contribution in [0, 0.1) is 19.8 Å². The van der Waals surface area contributed by atoms with Crippen LogP contribution in [-0.4, -0.2) is 22.4 Å². The van der Waals surface area contributed by atoms with E-state index < -0.39 is 0 Å². The number of rotatable bonds is 6. The zero-order valence-corrected chi connectivity index (χ0v) is 14.2. The molecule has 0 saturated carbocycles. The molecule has 0 spiro atoms. The van der Waals surface area contributed by atoms with E-state index in [4.69, 9.17) is 0 Å². The highest BCUT2D eigenvalue weighted by atomic mass is 16.1. The van der Waals surface area contributed by atoms with Crippen LogP contribution in [0.25, 0.3) is 0 Å². The van der Waals surface area contributed by atoms with Gasteiger partial charge in [0.05, 0.1) is 0 Å². The number of aryl methyl sites for hydroxylation is 1. The molecule has 0 radical (unpaired) electrons. The smallest absolute Gasteiger partial charge is 0.270 e. The Morgan fingerprint density at radius 1 is 1.22 bits per heavy atom. The standard InChI is InChI=1S/C18H24N4O/c1-12(2)8-9-19-18(23)16-10-17(21-11-20-16)22-15-7-5-6-13(3)14(15)4/h5-7,10-12H,8-9H2,1-4H3,(H,19,23)(H,20,21,22). The number of benzene rings is 1. The molecular weight excluding hydrogens is 288 g/mol. The maximum absolute atomic E-state index is 12.1. The first kappa shape index (κ1) is 16.9. The second-order valence-corrected chi connectivity index (χ2v) is 6.10. The zero-order chi connectivity index (χ0) is 16.8. The summed E-state index contributed by atoms with van der Waals surface area (Å²) in [5.41, 5.74) is 3.72. The van der Waals surface area contributed by atoms with Gasteiger partial charge in [0.1, 0.15) is 17.8 Å². The number of anilines is 2. The lowest BCUT2D eigenvalue weighted by Gasteiger charge is -2.11. The normalized spacial score (nSPS) is 10.7. The van der Waals surface area contributed by atoms with Gasteiger partial charge < -0.3 is 10.6 Å². The molecule has 2 aromatic rings. The van der Waals surface area contributed by atoms with Gasteiger partial charge in [-0.1, -0.05) is 26.0 Å². The maximum Gasteiger partial charge on any atom is 0.270 e. The summed E-state index contributed by atoms with van der Waals surface area (Å²) in [6.07, 6.45) is 2.36. The molecule has 1 aromatic heterocycles. The number of nitrogens with zero attached hydrogens (tertiary/aromatic N) is 2. The SMILES string of the molecule is Cc1cccc(Nc2cc(C(=O)NCCC(C)C)ncn2)c1C. The molecule has 0 aliphatic carbocycles. The van der Waals surface area contributed by atoms with E-state index in [9.17, 15) is 4.79 Å². The average molecular weight is 312 g/mol. The fourth-order valence-corrected chi connectivity index (χ4v) is 2.14. The lowest BCUT2D eigenvalue weighted by atomic mass is 10.1. The van der Waals surface area contributed by atoms with Crippen LogP contribution in [0.2, 0.25) is 0 Å². The summed E-state index contributed by atoms with van der Waals surface area (Å²) in [6.45, 7) is 9.03. The maximum atomic E-state index is 12.1. The first-order valence-corrected chi connectivity index (χ1v) is 7.91. The van der Waals surface area contributed by atoms with Crippen molar-refractivity contribution in [3.8, 4) is 0 Å². The summed E-state index contributed by atoms with van der Waals surface area (Å²) in [5.74, 6) is 1.00. The van der Waals surface area contributed by atoms with Crippen LogP contribution in [-0.2, 0) is 0 Å². The van der Waals surface area contributed by atoms with Crippen LogP contribution in [0.4, 0.5) is 11.5 Å². The van der Waals surface area contributed by atoms with Crippen LogP contribution < -0.4 is 10.6 Å². The van der Waals surface area contributed by atoms with Gasteiger partial charge in [-0.15, -0.1) is 0 Å². The molecule has 23 heavy (non-hydrogen) atoms. The van der Waals surface area contributed by atoms with Gasteiger partial charge in [0, 0.05) is 18.3 Å². The summed E-state index contributed by atoms with van der Waals surface area (Å²) in [6, 6.07) is 7.72. The molecule has 122 valence electrons. The van der Waals surface area contributed by atoms with Gasteiger partial charge in [-0.05, 0) is 43.4 Å².